The highest BCUT2D eigenvalue weighted by molar-refractivity contribution is 7.98. The highest BCUT2D eigenvalue weighted by atomic mass is 32.2. The lowest BCUT2D eigenvalue weighted by atomic mass is 10.3. The third-order valence-corrected chi connectivity index (χ3v) is 2.60. The SMILES string of the molecule is CNc1nc(SC)nc(NCC(=O)OC)c1C#N. The van der Waals surface area contributed by atoms with Gasteiger partial charge in [-0.15, -0.1) is 0 Å². The molecule has 96 valence electrons. The molecule has 0 atom stereocenters. The van der Waals surface area contributed by atoms with E-state index < -0.39 is 5.97 Å². The van der Waals surface area contributed by atoms with E-state index in [9.17, 15) is 4.79 Å². The molecule has 0 aliphatic carbocycles. The van der Waals surface area contributed by atoms with E-state index in [2.05, 4.69) is 25.3 Å². The molecule has 0 aliphatic rings. The number of hydrogen-bond acceptors (Lipinski definition) is 8. The van der Waals surface area contributed by atoms with Crippen LogP contribution in [0, 0.1) is 11.3 Å². The van der Waals surface area contributed by atoms with Gasteiger partial charge in [0.05, 0.1) is 7.11 Å². The number of nitriles is 1. The molecule has 2 N–H and O–H groups in total. The number of carbonyl (C=O) groups is 1. The van der Waals surface area contributed by atoms with Crippen LogP contribution in [0.5, 0.6) is 0 Å². The molecule has 0 saturated carbocycles. The summed E-state index contributed by atoms with van der Waals surface area (Å²) in [7, 11) is 2.96. The Kier molecular flexibility index (Phi) is 5.20. The van der Waals surface area contributed by atoms with E-state index in [1.54, 1.807) is 7.05 Å². The maximum atomic E-state index is 11.1. The summed E-state index contributed by atoms with van der Waals surface area (Å²) in [5.41, 5.74) is 0.263. The van der Waals surface area contributed by atoms with Crippen LogP contribution < -0.4 is 10.6 Å². The number of nitrogens with zero attached hydrogens (tertiary/aromatic N) is 3. The minimum absolute atomic E-state index is 0.0564. The monoisotopic (exact) mass is 267 g/mol. The summed E-state index contributed by atoms with van der Waals surface area (Å²) < 4.78 is 4.51. The number of thioether (sulfide) groups is 1. The van der Waals surface area contributed by atoms with Crippen molar-refractivity contribution in [1.29, 1.82) is 5.26 Å². The van der Waals surface area contributed by atoms with Crippen molar-refractivity contribution in [3.8, 4) is 6.07 Å². The van der Waals surface area contributed by atoms with Gasteiger partial charge in [-0.1, -0.05) is 11.8 Å². The Hall–Kier alpha value is -2.01. The van der Waals surface area contributed by atoms with Gasteiger partial charge in [0.25, 0.3) is 0 Å². The highest BCUT2D eigenvalue weighted by Gasteiger charge is 2.14. The first-order valence-corrected chi connectivity index (χ1v) is 6.23. The van der Waals surface area contributed by atoms with Crippen molar-refractivity contribution in [1.82, 2.24) is 9.97 Å². The summed E-state index contributed by atoms with van der Waals surface area (Å²) in [6, 6.07) is 2.00. The molecule has 0 radical (unpaired) electrons. The van der Waals surface area contributed by atoms with E-state index in [4.69, 9.17) is 5.26 Å². The molecule has 1 aromatic rings. The van der Waals surface area contributed by atoms with Crippen molar-refractivity contribution < 1.29 is 9.53 Å². The van der Waals surface area contributed by atoms with Gasteiger partial charge in [-0.05, 0) is 6.26 Å². The molecule has 0 aliphatic heterocycles. The zero-order chi connectivity index (χ0) is 13.5. The first-order valence-electron chi connectivity index (χ1n) is 5.00. The van der Waals surface area contributed by atoms with Crippen LogP contribution in [0.1, 0.15) is 5.56 Å². The molecule has 1 aromatic heterocycles. The van der Waals surface area contributed by atoms with Gasteiger partial charge in [0.15, 0.2) is 16.8 Å². The van der Waals surface area contributed by atoms with Crippen molar-refractivity contribution >= 4 is 29.4 Å². The molecule has 0 bridgehead atoms. The Morgan fingerprint density at radius 2 is 2.17 bits per heavy atom. The van der Waals surface area contributed by atoms with Gasteiger partial charge in [0.1, 0.15) is 18.2 Å². The number of esters is 1. The maximum absolute atomic E-state index is 11.1. The number of nitrogens with one attached hydrogen (secondary N) is 2. The fraction of sp³-hybridized carbons (Fsp3) is 0.400. The van der Waals surface area contributed by atoms with Crippen LogP contribution >= 0.6 is 11.8 Å². The summed E-state index contributed by atoms with van der Waals surface area (Å²) in [5, 5.41) is 15.2. The molecule has 0 fully saturated rings. The normalized spacial score (nSPS) is 9.44. The van der Waals surface area contributed by atoms with E-state index >= 15 is 0 Å². The zero-order valence-corrected chi connectivity index (χ0v) is 11.1. The molecule has 8 heteroatoms. The fourth-order valence-corrected chi connectivity index (χ4v) is 1.54. The van der Waals surface area contributed by atoms with Crippen LogP contribution in [-0.4, -0.2) is 42.9 Å². The Balaban J connectivity index is 3.07. The van der Waals surface area contributed by atoms with Crippen molar-refractivity contribution in [3.63, 3.8) is 0 Å². The molecule has 0 saturated heterocycles. The minimum Gasteiger partial charge on any atom is -0.468 e. The lowest BCUT2D eigenvalue weighted by Gasteiger charge is -2.10. The Labute approximate surface area is 109 Å². The van der Waals surface area contributed by atoms with Gasteiger partial charge in [-0.3, -0.25) is 4.79 Å². The largest absolute Gasteiger partial charge is 0.468 e. The average Bonchev–Trinajstić information content (AvgIpc) is 2.43. The van der Waals surface area contributed by atoms with Gasteiger partial charge in [0, 0.05) is 7.05 Å². The molecular weight excluding hydrogens is 254 g/mol. The Morgan fingerprint density at radius 1 is 1.50 bits per heavy atom. The van der Waals surface area contributed by atoms with Gasteiger partial charge in [0.2, 0.25) is 0 Å². The van der Waals surface area contributed by atoms with Crippen LogP contribution in [0.25, 0.3) is 0 Å². The zero-order valence-electron chi connectivity index (χ0n) is 10.3. The second-order valence-corrected chi connectivity index (χ2v) is 3.85. The van der Waals surface area contributed by atoms with Gasteiger partial charge >= 0.3 is 5.97 Å². The molecule has 7 nitrogen and oxygen atoms in total. The summed E-state index contributed by atoms with van der Waals surface area (Å²) in [4.78, 5) is 19.4. The number of carbonyl (C=O) groups excluding carboxylic acids is 1. The third-order valence-electron chi connectivity index (χ3n) is 2.05. The molecule has 18 heavy (non-hydrogen) atoms. The molecule has 1 heterocycles. The van der Waals surface area contributed by atoms with Crippen LogP contribution in [-0.2, 0) is 9.53 Å². The number of ether oxygens (including phenoxy) is 1. The van der Waals surface area contributed by atoms with Crippen molar-refractivity contribution in [2.75, 3.05) is 37.6 Å². The van der Waals surface area contributed by atoms with Crippen LogP contribution in [0.15, 0.2) is 5.16 Å². The Morgan fingerprint density at radius 3 is 2.67 bits per heavy atom. The van der Waals surface area contributed by atoms with E-state index in [1.165, 1.54) is 18.9 Å². The lowest BCUT2D eigenvalue weighted by Crippen LogP contribution is -2.17. The second-order valence-electron chi connectivity index (χ2n) is 3.07. The third kappa shape index (κ3) is 3.24. The van der Waals surface area contributed by atoms with E-state index in [0.29, 0.717) is 16.8 Å². The predicted molar refractivity (Wildman–Crippen MR) is 68.6 cm³/mol. The van der Waals surface area contributed by atoms with E-state index in [-0.39, 0.29) is 12.1 Å². The van der Waals surface area contributed by atoms with Gasteiger partial charge in [-0.25, -0.2) is 9.97 Å². The molecular formula is C10H13N5O2S. The number of methoxy groups -OCH3 is 1. The average molecular weight is 267 g/mol. The second kappa shape index (κ2) is 6.66. The topological polar surface area (TPSA) is 99.9 Å². The standard InChI is InChI=1S/C10H13N5O2S/c1-12-8-6(4-11)9(13-5-7(16)17-2)15-10(14-8)18-3/h5H2,1-3H3,(H2,12,13,14,15). The summed E-state index contributed by atoms with van der Waals surface area (Å²) in [6.07, 6.45) is 1.82. The van der Waals surface area contributed by atoms with Crippen LogP contribution in [0.2, 0.25) is 0 Å². The summed E-state index contributed by atoms with van der Waals surface area (Å²) in [6.45, 7) is -0.0564. The smallest absolute Gasteiger partial charge is 0.325 e. The number of anilines is 2. The van der Waals surface area contributed by atoms with Crippen LogP contribution in [0.3, 0.4) is 0 Å². The Bertz CT molecular complexity index is 486. The molecule has 0 spiro atoms. The number of rotatable bonds is 5. The summed E-state index contributed by atoms with van der Waals surface area (Å²) >= 11 is 1.34. The quantitative estimate of drug-likeness (QED) is 0.457. The first-order chi connectivity index (χ1) is 8.65. The van der Waals surface area contributed by atoms with E-state index in [0.717, 1.165) is 0 Å². The molecule has 0 aromatic carbocycles. The van der Waals surface area contributed by atoms with Crippen molar-refractivity contribution in [2.45, 2.75) is 5.16 Å². The van der Waals surface area contributed by atoms with Crippen LogP contribution in [0.4, 0.5) is 11.6 Å². The van der Waals surface area contributed by atoms with E-state index in [1.807, 2.05) is 12.3 Å². The maximum Gasteiger partial charge on any atom is 0.325 e. The fourth-order valence-electron chi connectivity index (χ4n) is 1.17. The molecule has 0 unspecified atom stereocenters. The summed E-state index contributed by atoms with van der Waals surface area (Å²) in [5.74, 6) is 0.296. The number of aromatic nitrogens is 2. The minimum atomic E-state index is -0.436. The number of hydrogen-bond donors (Lipinski definition) is 2. The van der Waals surface area contributed by atoms with Gasteiger partial charge in [-0.2, -0.15) is 5.26 Å². The molecule has 0 amide bonds. The lowest BCUT2D eigenvalue weighted by molar-refractivity contribution is -0.138. The first kappa shape index (κ1) is 14.1. The van der Waals surface area contributed by atoms with Crippen molar-refractivity contribution in [2.24, 2.45) is 0 Å². The highest BCUT2D eigenvalue weighted by Crippen LogP contribution is 2.23. The molecule has 1 rings (SSSR count). The van der Waals surface area contributed by atoms with Crippen molar-refractivity contribution in [3.05, 3.63) is 5.56 Å². The predicted octanol–water partition coefficient (Wildman–Crippen LogP) is 0.697. The van der Waals surface area contributed by atoms with Gasteiger partial charge < -0.3 is 15.4 Å².